The largest absolute Gasteiger partial charge is 0.484 e. The molecular weight excluding hydrogens is 394 g/mol. The summed E-state index contributed by atoms with van der Waals surface area (Å²) in [5, 5.41) is 10.5. The molecular formula is C19H21N5O4S. The summed E-state index contributed by atoms with van der Waals surface area (Å²) in [6.07, 6.45) is 3.81. The molecule has 3 rings (SSSR count). The lowest BCUT2D eigenvalue weighted by atomic mass is 10.1. The molecule has 29 heavy (non-hydrogen) atoms. The molecule has 0 saturated heterocycles. The van der Waals surface area contributed by atoms with Gasteiger partial charge in [0.2, 0.25) is 0 Å². The minimum Gasteiger partial charge on any atom is -0.484 e. The maximum Gasteiger partial charge on any atom is 0.357 e. The van der Waals surface area contributed by atoms with E-state index in [1.807, 2.05) is 26.0 Å². The summed E-state index contributed by atoms with van der Waals surface area (Å²) < 4.78 is 12.1. The van der Waals surface area contributed by atoms with Crippen molar-refractivity contribution in [1.82, 2.24) is 19.7 Å². The fourth-order valence-corrected chi connectivity index (χ4v) is 3.72. The van der Waals surface area contributed by atoms with Crippen LogP contribution in [0.25, 0.3) is 5.69 Å². The molecule has 0 spiro atoms. The minimum atomic E-state index is -0.514. The number of carbonyl (C=O) groups is 2. The van der Waals surface area contributed by atoms with E-state index in [9.17, 15) is 9.59 Å². The van der Waals surface area contributed by atoms with Gasteiger partial charge in [0, 0.05) is 10.9 Å². The van der Waals surface area contributed by atoms with E-state index in [4.69, 9.17) is 9.47 Å². The van der Waals surface area contributed by atoms with Crippen molar-refractivity contribution in [2.75, 3.05) is 19.0 Å². The first-order valence-electron chi connectivity index (χ1n) is 8.92. The molecule has 1 N–H and O–H groups in total. The number of rotatable bonds is 8. The van der Waals surface area contributed by atoms with Gasteiger partial charge in [0.1, 0.15) is 18.4 Å². The average Bonchev–Trinajstić information content (AvgIpc) is 3.36. The SMILES string of the molecule is COC(=O)c1nc(NC(=O)COc2cccc(-n3cnnc3)c2)sc1CC(C)C. The van der Waals surface area contributed by atoms with Gasteiger partial charge in [-0.2, -0.15) is 0 Å². The Hall–Kier alpha value is -3.27. The summed E-state index contributed by atoms with van der Waals surface area (Å²) in [5.74, 6) is -0.0228. The highest BCUT2D eigenvalue weighted by molar-refractivity contribution is 7.16. The maximum absolute atomic E-state index is 12.3. The summed E-state index contributed by atoms with van der Waals surface area (Å²) in [7, 11) is 1.31. The first kappa shape index (κ1) is 20.5. The van der Waals surface area contributed by atoms with Crippen LogP contribution in [0.4, 0.5) is 5.13 Å². The molecule has 1 aromatic carbocycles. The molecule has 1 amide bonds. The topological polar surface area (TPSA) is 108 Å². The smallest absolute Gasteiger partial charge is 0.357 e. The molecule has 9 nitrogen and oxygen atoms in total. The quantitative estimate of drug-likeness (QED) is 0.564. The molecule has 0 aliphatic carbocycles. The van der Waals surface area contributed by atoms with Gasteiger partial charge in [0.25, 0.3) is 5.91 Å². The first-order valence-corrected chi connectivity index (χ1v) is 9.73. The van der Waals surface area contributed by atoms with E-state index in [0.29, 0.717) is 23.2 Å². The van der Waals surface area contributed by atoms with E-state index in [-0.39, 0.29) is 18.2 Å². The molecule has 0 aliphatic rings. The third-order valence-corrected chi connectivity index (χ3v) is 4.81. The van der Waals surface area contributed by atoms with Gasteiger partial charge in [0.05, 0.1) is 12.8 Å². The third kappa shape index (κ3) is 5.38. The van der Waals surface area contributed by atoms with Crippen molar-refractivity contribution in [2.45, 2.75) is 20.3 Å². The zero-order valence-electron chi connectivity index (χ0n) is 16.3. The number of aromatic nitrogens is 4. The lowest BCUT2D eigenvalue weighted by Crippen LogP contribution is -2.20. The van der Waals surface area contributed by atoms with Gasteiger partial charge in [-0.1, -0.05) is 19.9 Å². The Morgan fingerprint density at radius 1 is 1.24 bits per heavy atom. The molecule has 10 heteroatoms. The summed E-state index contributed by atoms with van der Waals surface area (Å²) in [6.45, 7) is 3.89. The summed E-state index contributed by atoms with van der Waals surface area (Å²) >= 11 is 1.27. The summed E-state index contributed by atoms with van der Waals surface area (Å²) in [4.78, 5) is 29.2. The standard InChI is InChI=1S/C19H21N5O4S/c1-12(2)7-15-17(18(26)27-3)23-19(29-15)22-16(25)9-28-14-6-4-5-13(8-14)24-10-20-21-11-24/h4-6,8,10-12H,7,9H2,1-3H3,(H,22,23,25). The number of amides is 1. The van der Waals surface area contributed by atoms with E-state index < -0.39 is 5.97 Å². The van der Waals surface area contributed by atoms with Crippen LogP contribution in [0, 0.1) is 5.92 Å². The Morgan fingerprint density at radius 3 is 2.69 bits per heavy atom. The number of anilines is 1. The van der Waals surface area contributed by atoms with E-state index in [1.165, 1.54) is 18.4 Å². The lowest BCUT2D eigenvalue weighted by molar-refractivity contribution is -0.118. The first-order chi connectivity index (χ1) is 14.0. The fraction of sp³-hybridized carbons (Fsp3) is 0.316. The number of benzene rings is 1. The molecule has 0 unspecified atom stereocenters. The minimum absolute atomic E-state index is 0.196. The predicted molar refractivity (Wildman–Crippen MR) is 107 cm³/mol. The monoisotopic (exact) mass is 415 g/mol. The molecule has 152 valence electrons. The highest BCUT2D eigenvalue weighted by atomic mass is 32.1. The Labute approximate surface area is 171 Å². The molecule has 0 atom stereocenters. The molecule has 2 heterocycles. The highest BCUT2D eigenvalue weighted by Gasteiger charge is 2.20. The second-order valence-corrected chi connectivity index (χ2v) is 7.67. The number of ether oxygens (including phenoxy) is 2. The molecule has 0 saturated carbocycles. The van der Waals surface area contributed by atoms with Crippen LogP contribution in [0.3, 0.4) is 0 Å². The van der Waals surface area contributed by atoms with Crippen LogP contribution in [0.15, 0.2) is 36.9 Å². The van der Waals surface area contributed by atoms with Crippen molar-refractivity contribution in [3.63, 3.8) is 0 Å². The normalized spacial score (nSPS) is 10.8. The summed E-state index contributed by atoms with van der Waals surface area (Å²) in [6, 6.07) is 7.21. The molecule has 0 bridgehead atoms. The second-order valence-electron chi connectivity index (χ2n) is 6.58. The van der Waals surface area contributed by atoms with Gasteiger partial charge in [0.15, 0.2) is 17.4 Å². The van der Waals surface area contributed by atoms with E-state index in [1.54, 1.807) is 29.4 Å². The average molecular weight is 415 g/mol. The van der Waals surface area contributed by atoms with Crippen LogP contribution in [-0.2, 0) is 16.0 Å². The van der Waals surface area contributed by atoms with Crippen molar-refractivity contribution in [3.05, 3.63) is 47.5 Å². The van der Waals surface area contributed by atoms with Gasteiger partial charge in [-0.15, -0.1) is 21.5 Å². The summed E-state index contributed by atoms with van der Waals surface area (Å²) in [5.41, 5.74) is 1.05. The van der Waals surface area contributed by atoms with Gasteiger partial charge in [-0.3, -0.25) is 14.7 Å². The Kier molecular flexibility index (Phi) is 6.55. The third-order valence-electron chi connectivity index (χ3n) is 3.82. The molecule has 0 fully saturated rings. The Balaban J connectivity index is 1.63. The number of nitrogens with one attached hydrogen (secondary N) is 1. The number of carbonyl (C=O) groups excluding carboxylic acids is 2. The number of hydrogen-bond acceptors (Lipinski definition) is 8. The highest BCUT2D eigenvalue weighted by Crippen LogP contribution is 2.26. The van der Waals surface area contributed by atoms with Gasteiger partial charge < -0.3 is 9.47 Å². The van der Waals surface area contributed by atoms with Crippen LogP contribution in [-0.4, -0.2) is 45.3 Å². The van der Waals surface area contributed by atoms with E-state index >= 15 is 0 Å². The maximum atomic E-state index is 12.3. The van der Waals surface area contributed by atoms with Crippen molar-refractivity contribution in [3.8, 4) is 11.4 Å². The number of hydrogen-bond donors (Lipinski definition) is 1. The van der Waals surface area contributed by atoms with E-state index in [0.717, 1.165) is 10.6 Å². The number of esters is 1. The Bertz CT molecular complexity index is 984. The Morgan fingerprint density at radius 2 is 2.00 bits per heavy atom. The number of nitrogens with zero attached hydrogens (tertiary/aromatic N) is 4. The zero-order valence-corrected chi connectivity index (χ0v) is 17.1. The van der Waals surface area contributed by atoms with Crippen LogP contribution in [0.2, 0.25) is 0 Å². The number of thiazole rings is 1. The van der Waals surface area contributed by atoms with Crippen LogP contribution < -0.4 is 10.1 Å². The number of methoxy groups -OCH3 is 1. The predicted octanol–water partition coefficient (Wildman–Crippen LogP) is 2.73. The van der Waals surface area contributed by atoms with Gasteiger partial charge in [-0.25, -0.2) is 9.78 Å². The van der Waals surface area contributed by atoms with Crippen molar-refractivity contribution in [2.24, 2.45) is 5.92 Å². The molecule has 0 aliphatic heterocycles. The molecule has 0 radical (unpaired) electrons. The van der Waals surface area contributed by atoms with Crippen LogP contribution in [0.1, 0.15) is 29.2 Å². The zero-order chi connectivity index (χ0) is 20.8. The lowest BCUT2D eigenvalue weighted by Gasteiger charge is -2.08. The van der Waals surface area contributed by atoms with E-state index in [2.05, 4.69) is 20.5 Å². The van der Waals surface area contributed by atoms with Crippen molar-refractivity contribution < 1.29 is 19.1 Å². The molecule has 3 aromatic rings. The van der Waals surface area contributed by atoms with Crippen molar-refractivity contribution >= 4 is 28.3 Å². The molecule has 2 aromatic heterocycles. The fourth-order valence-electron chi connectivity index (χ4n) is 2.54. The van der Waals surface area contributed by atoms with Gasteiger partial charge in [-0.05, 0) is 24.5 Å². The van der Waals surface area contributed by atoms with Crippen LogP contribution >= 0.6 is 11.3 Å². The van der Waals surface area contributed by atoms with Crippen molar-refractivity contribution in [1.29, 1.82) is 0 Å². The van der Waals surface area contributed by atoms with Crippen LogP contribution in [0.5, 0.6) is 5.75 Å². The van der Waals surface area contributed by atoms with Gasteiger partial charge >= 0.3 is 5.97 Å². The second kappa shape index (κ2) is 9.28.